The van der Waals surface area contributed by atoms with Crippen LogP contribution < -0.4 is 9.47 Å². The quantitative estimate of drug-likeness (QED) is 0.253. The van der Waals surface area contributed by atoms with Gasteiger partial charge in [0.1, 0.15) is 11.5 Å². The van der Waals surface area contributed by atoms with Crippen molar-refractivity contribution in [1.82, 2.24) is 0 Å². The van der Waals surface area contributed by atoms with Gasteiger partial charge in [0, 0.05) is 5.39 Å². The zero-order valence-corrected chi connectivity index (χ0v) is 19.2. The van der Waals surface area contributed by atoms with E-state index in [1.54, 1.807) is 0 Å². The molecule has 29 heavy (non-hydrogen) atoms. The van der Waals surface area contributed by atoms with E-state index in [0.717, 1.165) is 48.3 Å². The van der Waals surface area contributed by atoms with E-state index in [2.05, 4.69) is 26.0 Å². The molecule has 0 fully saturated rings. The van der Waals surface area contributed by atoms with Gasteiger partial charge in [0.15, 0.2) is 0 Å². The van der Waals surface area contributed by atoms with Crippen molar-refractivity contribution in [2.75, 3.05) is 13.2 Å². The Morgan fingerprint density at radius 3 is 1.90 bits per heavy atom. The molecule has 0 bridgehead atoms. The number of hydrogen-bond acceptors (Lipinski definition) is 2. The van der Waals surface area contributed by atoms with E-state index in [1.165, 1.54) is 64.2 Å². The summed E-state index contributed by atoms with van der Waals surface area (Å²) in [5, 5.41) is 2.87. The van der Waals surface area contributed by atoms with Gasteiger partial charge < -0.3 is 9.47 Å². The maximum absolute atomic E-state index is 6.42. The molecular weight excluding hydrogens is 380 g/mol. The van der Waals surface area contributed by atoms with Crippen molar-refractivity contribution in [3.05, 3.63) is 35.4 Å². The predicted molar refractivity (Wildman–Crippen MR) is 127 cm³/mol. The minimum absolute atomic E-state index is 0.684. The molecule has 2 aromatic rings. The molecule has 0 aliphatic heterocycles. The Labute approximate surface area is 182 Å². The third-order valence-corrected chi connectivity index (χ3v) is 5.70. The molecule has 162 valence electrons. The van der Waals surface area contributed by atoms with E-state index in [0.29, 0.717) is 5.02 Å². The number of ether oxygens (including phenoxy) is 2. The zero-order valence-electron chi connectivity index (χ0n) is 18.5. The van der Waals surface area contributed by atoms with Crippen molar-refractivity contribution in [2.45, 2.75) is 90.9 Å². The monoisotopic (exact) mass is 418 g/mol. The van der Waals surface area contributed by atoms with E-state index < -0.39 is 0 Å². The summed E-state index contributed by atoms with van der Waals surface area (Å²) in [6.07, 6.45) is 15.2. The molecule has 0 N–H and O–H groups in total. The Hall–Kier alpha value is -1.41. The van der Waals surface area contributed by atoms with Crippen LogP contribution in [0.25, 0.3) is 10.8 Å². The third kappa shape index (κ3) is 8.86. The number of halogens is 1. The second-order valence-corrected chi connectivity index (χ2v) is 8.40. The van der Waals surface area contributed by atoms with E-state index in [9.17, 15) is 0 Å². The normalized spacial score (nSPS) is 11.1. The molecule has 0 spiro atoms. The second kappa shape index (κ2) is 14.6. The van der Waals surface area contributed by atoms with E-state index >= 15 is 0 Å². The molecule has 0 amide bonds. The van der Waals surface area contributed by atoms with Gasteiger partial charge in [-0.2, -0.15) is 0 Å². The number of unbranched alkanes of at least 4 members (excludes halogenated alkanes) is 10. The maximum atomic E-state index is 6.42. The number of rotatable bonds is 16. The fraction of sp³-hybridized carbons (Fsp3) is 0.615. The standard InChI is InChI=1S/C26H39ClO2/c1-3-5-7-9-11-13-19-28-23-16-17-24-22(21-23)15-18-25(27)26(24)29-20-14-12-10-8-6-4-2/h15-18,21H,3-14,19-20H2,1-2H3. The summed E-state index contributed by atoms with van der Waals surface area (Å²) in [6.45, 7) is 6.01. The van der Waals surface area contributed by atoms with Crippen LogP contribution in [0.4, 0.5) is 0 Å². The van der Waals surface area contributed by atoms with Crippen LogP contribution in [0.1, 0.15) is 90.9 Å². The fourth-order valence-corrected chi connectivity index (χ4v) is 3.84. The van der Waals surface area contributed by atoms with Crippen LogP contribution in [0.5, 0.6) is 11.5 Å². The third-order valence-electron chi connectivity index (χ3n) is 5.40. The van der Waals surface area contributed by atoms with E-state index in [-0.39, 0.29) is 0 Å². The Morgan fingerprint density at radius 1 is 0.655 bits per heavy atom. The molecule has 0 unspecified atom stereocenters. The van der Waals surface area contributed by atoms with Crippen LogP contribution in [0.2, 0.25) is 5.02 Å². The Bertz CT molecular complexity index is 698. The predicted octanol–water partition coefficient (Wildman–Crippen LogP) is 8.97. The fourth-order valence-electron chi connectivity index (χ4n) is 3.62. The van der Waals surface area contributed by atoms with Crippen molar-refractivity contribution in [3.63, 3.8) is 0 Å². The molecule has 0 heterocycles. The summed E-state index contributed by atoms with van der Waals surface area (Å²) in [4.78, 5) is 0. The first-order valence-corrected chi connectivity index (χ1v) is 12.1. The summed E-state index contributed by atoms with van der Waals surface area (Å²) in [7, 11) is 0. The van der Waals surface area contributed by atoms with Gasteiger partial charge in [-0.3, -0.25) is 0 Å². The largest absolute Gasteiger partial charge is 0.494 e. The van der Waals surface area contributed by atoms with Crippen molar-refractivity contribution < 1.29 is 9.47 Å². The van der Waals surface area contributed by atoms with Gasteiger partial charge in [-0.25, -0.2) is 0 Å². The van der Waals surface area contributed by atoms with E-state index in [1.807, 2.05) is 18.2 Å². The SMILES string of the molecule is CCCCCCCCOc1ccc2c(OCCCCCCCC)c(Cl)ccc2c1. The highest BCUT2D eigenvalue weighted by molar-refractivity contribution is 6.33. The summed E-state index contributed by atoms with van der Waals surface area (Å²) < 4.78 is 12.0. The van der Waals surface area contributed by atoms with Gasteiger partial charge in [-0.15, -0.1) is 0 Å². The highest BCUT2D eigenvalue weighted by Crippen LogP contribution is 2.35. The lowest BCUT2D eigenvalue weighted by atomic mass is 10.1. The topological polar surface area (TPSA) is 18.5 Å². The van der Waals surface area contributed by atoms with Crippen molar-refractivity contribution in [1.29, 1.82) is 0 Å². The second-order valence-electron chi connectivity index (χ2n) is 7.99. The molecule has 0 radical (unpaired) electrons. The molecule has 0 aliphatic carbocycles. The maximum Gasteiger partial charge on any atom is 0.145 e. The molecule has 0 atom stereocenters. The van der Waals surface area contributed by atoms with Crippen molar-refractivity contribution in [3.8, 4) is 11.5 Å². The van der Waals surface area contributed by atoms with Crippen LogP contribution in [0.15, 0.2) is 30.3 Å². The Balaban J connectivity index is 1.82. The summed E-state index contributed by atoms with van der Waals surface area (Å²) in [6, 6.07) is 10.2. The minimum atomic E-state index is 0.684. The first kappa shape index (κ1) is 23.9. The molecular formula is C26H39ClO2. The number of fused-ring (bicyclic) bond motifs is 1. The molecule has 0 aromatic heterocycles. The van der Waals surface area contributed by atoms with Crippen molar-refractivity contribution in [2.24, 2.45) is 0 Å². The smallest absolute Gasteiger partial charge is 0.145 e. The van der Waals surface area contributed by atoms with Gasteiger partial charge in [-0.05, 0) is 42.5 Å². The Kier molecular flexibility index (Phi) is 12.0. The zero-order chi connectivity index (χ0) is 20.7. The lowest BCUT2D eigenvalue weighted by Crippen LogP contribution is -1.99. The lowest BCUT2D eigenvalue weighted by Gasteiger charge is -2.13. The Morgan fingerprint density at radius 2 is 1.24 bits per heavy atom. The van der Waals surface area contributed by atoms with Crippen LogP contribution in [-0.4, -0.2) is 13.2 Å². The van der Waals surface area contributed by atoms with Gasteiger partial charge in [0.2, 0.25) is 0 Å². The summed E-state index contributed by atoms with van der Waals surface area (Å²) >= 11 is 6.42. The highest BCUT2D eigenvalue weighted by Gasteiger charge is 2.09. The molecule has 2 nitrogen and oxygen atoms in total. The van der Waals surface area contributed by atoms with E-state index in [4.69, 9.17) is 21.1 Å². The molecule has 2 rings (SSSR count). The van der Waals surface area contributed by atoms with Gasteiger partial charge in [-0.1, -0.05) is 95.7 Å². The van der Waals surface area contributed by atoms with Crippen LogP contribution in [-0.2, 0) is 0 Å². The van der Waals surface area contributed by atoms with Crippen molar-refractivity contribution >= 4 is 22.4 Å². The average Bonchev–Trinajstić information content (AvgIpc) is 2.73. The first-order chi connectivity index (χ1) is 14.3. The average molecular weight is 419 g/mol. The molecule has 0 saturated carbocycles. The highest BCUT2D eigenvalue weighted by atomic mass is 35.5. The first-order valence-electron chi connectivity index (χ1n) is 11.7. The summed E-state index contributed by atoms with van der Waals surface area (Å²) in [5.74, 6) is 1.73. The van der Waals surface area contributed by atoms with Crippen LogP contribution in [0, 0.1) is 0 Å². The number of hydrogen-bond donors (Lipinski definition) is 0. The van der Waals surface area contributed by atoms with Crippen LogP contribution in [0.3, 0.4) is 0 Å². The van der Waals surface area contributed by atoms with Gasteiger partial charge in [0.05, 0.1) is 18.2 Å². The lowest BCUT2D eigenvalue weighted by molar-refractivity contribution is 0.304. The molecule has 0 aliphatic rings. The van der Waals surface area contributed by atoms with Crippen LogP contribution >= 0.6 is 11.6 Å². The van der Waals surface area contributed by atoms with Gasteiger partial charge in [0.25, 0.3) is 0 Å². The summed E-state index contributed by atoms with van der Waals surface area (Å²) in [5.41, 5.74) is 0. The molecule has 2 aromatic carbocycles. The minimum Gasteiger partial charge on any atom is -0.494 e. The number of benzene rings is 2. The van der Waals surface area contributed by atoms with Gasteiger partial charge >= 0.3 is 0 Å². The molecule has 0 saturated heterocycles. The molecule has 3 heteroatoms.